The summed E-state index contributed by atoms with van der Waals surface area (Å²) in [5, 5.41) is 3.05. The molecule has 0 aliphatic heterocycles. The van der Waals surface area contributed by atoms with Crippen LogP contribution in [0.1, 0.15) is 41.4 Å². The monoisotopic (exact) mass is 331 g/mol. The van der Waals surface area contributed by atoms with Gasteiger partial charge in [-0.15, -0.1) is 0 Å². The molecule has 0 bridgehead atoms. The van der Waals surface area contributed by atoms with Crippen LogP contribution in [0.3, 0.4) is 0 Å². The van der Waals surface area contributed by atoms with Crippen molar-refractivity contribution >= 4 is 21.8 Å². The third-order valence-corrected chi connectivity index (χ3v) is 3.83. The van der Waals surface area contributed by atoms with Crippen molar-refractivity contribution in [2.75, 3.05) is 0 Å². The molecule has 2 nitrogen and oxygen atoms in total. The van der Waals surface area contributed by atoms with Crippen molar-refractivity contribution in [3.05, 3.63) is 69.7 Å². The summed E-state index contributed by atoms with van der Waals surface area (Å²) in [6.07, 6.45) is 0.856. The van der Waals surface area contributed by atoms with Gasteiger partial charge in [0.15, 0.2) is 0 Å². The van der Waals surface area contributed by atoms with Gasteiger partial charge < -0.3 is 5.32 Å². The Kier molecular flexibility index (Phi) is 4.96. The number of rotatable bonds is 4. The molecule has 0 spiro atoms. The Bertz CT molecular complexity index is 609. The number of halogens is 1. The lowest BCUT2D eigenvalue weighted by Gasteiger charge is -2.16. The van der Waals surface area contributed by atoms with Gasteiger partial charge in [-0.2, -0.15) is 0 Å². The van der Waals surface area contributed by atoms with Gasteiger partial charge in [-0.25, -0.2) is 0 Å². The summed E-state index contributed by atoms with van der Waals surface area (Å²) in [5.41, 5.74) is 2.92. The maximum absolute atomic E-state index is 12.4. The molecule has 0 radical (unpaired) electrons. The van der Waals surface area contributed by atoms with Crippen LogP contribution in [0.15, 0.2) is 53.0 Å². The molecular formula is C17H18BrNO. The Morgan fingerprint density at radius 3 is 2.65 bits per heavy atom. The zero-order valence-corrected chi connectivity index (χ0v) is 13.3. The fraction of sp³-hybridized carbons (Fsp3) is 0.235. The standard InChI is InChI=1S/C17H18BrNO/c1-3-13-7-4-5-10-16(13)17(20)19-12(2)14-8-6-9-15(18)11-14/h4-12H,3H2,1-2H3,(H,19,20). The molecule has 3 heteroatoms. The largest absolute Gasteiger partial charge is 0.346 e. The number of aryl methyl sites for hydroxylation is 1. The molecule has 2 aromatic rings. The summed E-state index contributed by atoms with van der Waals surface area (Å²) in [7, 11) is 0. The van der Waals surface area contributed by atoms with Crippen LogP contribution in [0.5, 0.6) is 0 Å². The molecule has 0 aliphatic rings. The first-order valence-electron chi connectivity index (χ1n) is 6.76. The summed E-state index contributed by atoms with van der Waals surface area (Å²) < 4.78 is 1.02. The molecule has 2 aromatic carbocycles. The number of hydrogen-bond donors (Lipinski definition) is 1. The third-order valence-electron chi connectivity index (χ3n) is 3.34. The molecule has 0 aromatic heterocycles. The lowest BCUT2D eigenvalue weighted by atomic mass is 10.0. The number of benzene rings is 2. The molecule has 0 saturated carbocycles. The minimum Gasteiger partial charge on any atom is -0.346 e. The van der Waals surface area contributed by atoms with Crippen LogP contribution in [0, 0.1) is 0 Å². The van der Waals surface area contributed by atoms with Crippen LogP contribution in [0.25, 0.3) is 0 Å². The Balaban J connectivity index is 2.15. The Labute approximate surface area is 128 Å². The molecule has 1 unspecified atom stereocenters. The highest BCUT2D eigenvalue weighted by Gasteiger charge is 2.13. The highest BCUT2D eigenvalue weighted by Crippen LogP contribution is 2.19. The van der Waals surface area contributed by atoms with Crippen LogP contribution < -0.4 is 5.32 Å². The topological polar surface area (TPSA) is 29.1 Å². The van der Waals surface area contributed by atoms with Gasteiger partial charge in [0.25, 0.3) is 5.91 Å². The van der Waals surface area contributed by atoms with Crippen LogP contribution in [-0.2, 0) is 6.42 Å². The third kappa shape index (κ3) is 3.48. The molecule has 1 N–H and O–H groups in total. The van der Waals surface area contributed by atoms with E-state index in [1.807, 2.05) is 55.5 Å². The lowest BCUT2D eigenvalue weighted by molar-refractivity contribution is 0.0939. The van der Waals surface area contributed by atoms with Crippen LogP contribution in [-0.4, -0.2) is 5.91 Å². The van der Waals surface area contributed by atoms with E-state index in [1.165, 1.54) is 0 Å². The van der Waals surface area contributed by atoms with E-state index in [-0.39, 0.29) is 11.9 Å². The van der Waals surface area contributed by atoms with Crippen molar-refractivity contribution in [3.63, 3.8) is 0 Å². The van der Waals surface area contributed by atoms with Crippen molar-refractivity contribution in [2.45, 2.75) is 26.3 Å². The summed E-state index contributed by atoms with van der Waals surface area (Å²) in [4.78, 5) is 12.4. The van der Waals surface area contributed by atoms with Crippen molar-refractivity contribution in [1.82, 2.24) is 5.32 Å². The van der Waals surface area contributed by atoms with E-state index in [2.05, 4.69) is 28.2 Å². The Morgan fingerprint density at radius 1 is 1.20 bits per heavy atom. The molecule has 0 fully saturated rings. The summed E-state index contributed by atoms with van der Waals surface area (Å²) in [6.45, 7) is 4.05. The number of carbonyl (C=O) groups excluding carboxylic acids is 1. The number of carbonyl (C=O) groups is 1. The molecule has 104 valence electrons. The molecular weight excluding hydrogens is 314 g/mol. The normalized spacial score (nSPS) is 11.9. The van der Waals surface area contributed by atoms with E-state index < -0.39 is 0 Å². The van der Waals surface area contributed by atoms with E-state index in [1.54, 1.807) is 0 Å². The predicted octanol–water partition coefficient (Wildman–Crippen LogP) is 4.50. The first kappa shape index (κ1) is 14.8. The maximum Gasteiger partial charge on any atom is 0.252 e. The quantitative estimate of drug-likeness (QED) is 0.877. The molecule has 1 atom stereocenters. The van der Waals surface area contributed by atoms with Gasteiger partial charge in [-0.3, -0.25) is 4.79 Å². The Hall–Kier alpha value is -1.61. The van der Waals surface area contributed by atoms with Gasteiger partial charge in [0.05, 0.1) is 6.04 Å². The van der Waals surface area contributed by atoms with Gasteiger partial charge in [0.2, 0.25) is 0 Å². The van der Waals surface area contributed by atoms with E-state index in [0.29, 0.717) is 0 Å². The lowest BCUT2D eigenvalue weighted by Crippen LogP contribution is -2.27. The molecule has 0 aliphatic carbocycles. The second-order valence-corrected chi connectivity index (χ2v) is 5.68. The highest BCUT2D eigenvalue weighted by molar-refractivity contribution is 9.10. The summed E-state index contributed by atoms with van der Waals surface area (Å²) in [6, 6.07) is 15.7. The van der Waals surface area contributed by atoms with Crippen LogP contribution in [0.2, 0.25) is 0 Å². The Morgan fingerprint density at radius 2 is 1.95 bits per heavy atom. The first-order chi connectivity index (χ1) is 9.61. The van der Waals surface area contributed by atoms with E-state index in [0.717, 1.165) is 27.6 Å². The summed E-state index contributed by atoms with van der Waals surface area (Å²) in [5.74, 6) is -0.0186. The second kappa shape index (κ2) is 6.71. The molecule has 1 amide bonds. The molecule has 0 saturated heterocycles. The minimum absolute atomic E-state index is 0.0186. The number of amides is 1. The van der Waals surface area contributed by atoms with E-state index >= 15 is 0 Å². The van der Waals surface area contributed by atoms with Crippen molar-refractivity contribution < 1.29 is 4.79 Å². The van der Waals surface area contributed by atoms with Crippen LogP contribution in [0.4, 0.5) is 0 Å². The SMILES string of the molecule is CCc1ccccc1C(=O)NC(C)c1cccc(Br)c1. The average molecular weight is 332 g/mol. The number of hydrogen-bond acceptors (Lipinski definition) is 1. The van der Waals surface area contributed by atoms with Gasteiger partial charge in [-0.05, 0) is 42.7 Å². The van der Waals surface area contributed by atoms with Crippen LogP contribution >= 0.6 is 15.9 Å². The fourth-order valence-electron chi connectivity index (χ4n) is 2.18. The predicted molar refractivity (Wildman–Crippen MR) is 85.8 cm³/mol. The van der Waals surface area contributed by atoms with Gasteiger partial charge in [0.1, 0.15) is 0 Å². The van der Waals surface area contributed by atoms with Crippen molar-refractivity contribution in [2.24, 2.45) is 0 Å². The number of nitrogens with one attached hydrogen (secondary N) is 1. The van der Waals surface area contributed by atoms with Gasteiger partial charge in [0, 0.05) is 10.0 Å². The zero-order chi connectivity index (χ0) is 14.5. The van der Waals surface area contributed by atoms with Crippen molar-refractivity contribution in [1.29, 1.82) is 0 Å². The van der Waals surface area contributed by atoms with Gasteiger partial charge in [-0.1, -0.05) is 53.2 Å². The zero-order valence-electron chi connectivity index (χ0n) is 11.7. The average Bonchev–Trinajstić information content (AvgIpc) is 2.47. The molecule has 0 heterocycles. The maximum atomic E-state index is 12.4. The molecule has 2 rings (SSSR count). The molecule has 20 heavy (non-hydrogen) atoms. The van der Waals surface area contributed by atoms with Gasteiger partial charge >= 0.3 is 0 Å². The van der Waals surface area contributed by atoms with E-state index in [9.17, 15) is 4.79 Å². The fourth-order valence-corrected chi connectivity index (χ4v) is 2.60. The first-order valence-corrected chi connectivity index (χ1v) is 7.55. The second-order valence-electron chi connectivity index (χ2n) is 4.76. The van der Waals surface area contributed by atoms with Crippen molar-refractivity contribution in [3.8, 4) is 0 Å². The van der Waals surface area contributed by atoms with E-state index in [4.69, 9.17) is 0 Å². The highest BCUT2D eigenvalue weighted by atomic mass is 79.9. The smallest absolute Gasteiger partial charge is 0.252 e. The summed E-state index contributed by atoms with van der Waals surface area (Å²) >= 11 is 3.45. The minimum atomic E-state index is -0.0232.